The van der Waals surface area contributed by atoms with E-state index in [1.54, 1.807) is 6.42 Å². The zero-order valence-electron chi connectivity index (χ0n) is 7.55. The number of nitrogens with zero attached hydrogens (tertiary/aromatic N) is 1. The van der Waals surface area contributed by atoms with Gasteiger partial charge in [0.1, 0.15) is 0 Å². The van der Waals surface area contributed by atoms with Gasteiger partial charge < -0.3 is 4.90 Å². The van der Waals surface area contributed by atoms with E-state index < -0.39 is 0 Å². The van der Waals surface area contributed by atoms with Crippen molar-refractivity contribution in [1.82, 2.24) is 4.90 Å². The van der Waals surface area contributed by atoms with Crippen LogP contribution >= 0.6 is 0 Å². The smallest absolute Gasteiger partial charge is 0.00160 e. The maximum Gasteiger partial charge on any atom is -0.00160 e. The summed E-state index contributed by atoms with van der Waals surface area (Å²) in [4.78, 5) is 2.64. The molecule has 11 heavy (non-hydrogen) atoms. The van der Waals surface area contributed by atoms with Gasteiger partial charge in [0.05, 0.1) is 0 Å². The lowest BCUT2D eigenvalue weighted by Crippen LogP contribution is -2.25. The van der Waals surface area contributed by atoms with Crippen LogP contribution < -0.4 is 0 Å². The first-order valence-electron chi connectivity index (χ1n) is 5.12. The zero-order chi connectivity index (χ0) is 7.68. The Morgan fingerprint density at radius 3 is 2.36 bits per heavy atom. The van der Waals surface area contributed by atoms with Crippen LogP contribution in [0.1, 0.15) is 32.6 Å². The summed E-state index contributed by atoms with van der Waals surface area (Å²) in [7, 11) is 0. The fourth-order valence-electron chi connectivity index (χ4n) is 2.37. The van der Waals surface area contributed by atoms with E-state index >= 15 is 0 Å². The van der Waals surface area contributed by atoms with Gasteiger partial charge in [-0.15, -0.1) is 0 Å². The number of hydrogen-bond donors (Lipinski definition) is 0. The maximum atomic E-state index is 2.64. The minimum atomic E-state index is 1.14. The third-order valence-corrected chi connectivity index (χ3v) is 3.24. The molecule has 0 amide bonds. The van der Waals surface area contributed by atoms with Crippen molar-refractivity contribution in [2.75, 3.05) is 19.6 Å². The molecule has 0 radical (unpaired) electrons. The van der Waals surface area contributed by atoms with Crippen molar-refractivity contribution in [3.8, 4) is 0 Å². The first kappa shape index (κ1) is 7.60. The zero-order valence-corrected chi connectivity index (χ0v) is 7.55. The van der Waals surface area contributed by atoms with Crippen molar-refractivity contribution in [3.05, 3.63) is 0 Å². The molecule has 1 heterocycles. The van der Waals surface area contributed by atoms with Crippen LogP contribution in [-0.2, 0) is 0 Å². The second kappa shape index (κ2) is 3.14. The third-order valence-electron chi connectivity index (χ3n) is 3.24. The second-order valence-corrected chi connectivity index (χ2v) is 4.17. The van der Waals surface area contributed by atoms with Crippen molar-refractivity contribution in [2.24, 2.45) is 11.8 Å². The van der Waals surface area contributed by atoms with Crippen LogP contribution in [0.3, 0.4) is 0 Å². The summed E-state index contributed by atoms with van der Waals surface area (Å²) in [6.07, 6.45) is 5.87. The first-order chi connectivity index (χ1) is 5.40. The van der Waals surface area contributed by atoms with Crippen LogP contribution in [0.4, 0.5) is 0 Å². The summed E-state index contributed by atoms with van der Waals surface area (Å²) >= 11 is 0. The molecule has 2 aliphatic rings. The van der Waals surface area contributed by atoms with Crippen molar-refractivity contribution in [3.63, 3.8) is 0 Å². The molecule has 0 spiro atoms. The van der Waals surface area contributed by atoms with Crippen LogP contribution in [0.2, 0.25) is 0 Å². The third kappa shape index (κ3) is 1.76. The van der Waals surface area contributed by atoms with E-state index in [4.69, 9.17) is 0 Å². The normalized spacial score (nSPS) is 37.9. The standard InChI is InChI=1S/C10H19N/c1-2-5-11-6-3-9-8-10(9)4-7-11/h9-10H,2-8H2,1H3. The molecule has 1 nitrogen and oxygen atoms in total. The molecular formula is C10H19N. The fourth-order valence-corrected chi connectivity index (χ4v) is 2.37. The van der Waals surface area contributed by atoms with E-state index in [0.29, 0.717) is 0 Å². The highest BCUT2D eigenvalue weighted by Gasteiger charge is 2.38. The summed E-state index contributed by atoms with van der Waals surface area (Å²) in [6, 6.07) is 0. The Bertz CT molecular complexity index is 121. The lowest BCUT2D eigenvalue weighted by molar-refractivity contribution is 0.276. The predicted octanol–water partition coefficient (Wildman–Crippen LogP) is 2.13. The Morgan fingerprint density at radius 1 is 1.18 bits per heavy atom. The molecule has 0 bridgehead atoms. The van der Waals surface area contributed by atoms with Gasteiger partial charge in [-0.05, 0) is 57.2 Å². The van der Waals surface area contributed by atoms with E-state index in [-0.39, 0.29) is 0 Å². The number of rotatable bonds is 2. The molecule has 2 atom stereocenters. The average molecular weight is 153 g/mol. The Labute approximate surface area is 69.8 Å². The largest absolute Gasteiger partial charge is 0.303 e. The van der Waals surface area contributed by atoms with Crippen LogP contribution in [-0.4, -0.2) is 24.5 Å². The van der Waals surface area contributed by atoms with E-state index in [9.17, 15) is 0 Å². The first-order valence-corrected chi connectivity index (χ1v) is 5.12. The molecule has 0 aromatic heterocycles. The lowest BCUT2D eigenvalue weighted by Gasteiger charge is -2.19. The van der Waals surface area contributed by atoms with Gasteiger partial charge in [0, 0.05) is 0 Å². The molecule has 1 saturated heterocycles. The van der Waals surface area contributed by atoms with E-state index in [1.165, 1.54) is 38.9 Å². The highest BCUT2D eigenvalue weighted by molar-refractivity contribution is 4.89. The highest BCUT2D eigenvalue weighted by atomic mass is 15.1. The van der Waals surface area contributed by atoms with Crippen molar-refractivity contribution in [1.29, 1.82) is 0 Å². The van der Waals surface area contributed by atoms with Gasteiger partial charge in [-0.25, -0.2) is 0 Å². The molecule has 2 unspecified atom stereocenters. The molecule has 0 N–H and O–H groups in total. The van der Waals surface area contributed by atoms with E-state index in [1.807, 2.05) is 0 Å². The number of hydrogen-bond acceptors (Lipinski definition) is 1. The Morgan fingerprint density at radius 2 is 1.82 bits per heavy atom. The molecule has 1 heteroatoms. The second-order valence-electron chi connectivity index (χ2n) is 4.17. The lowest BCUT2D eigenvalue weighted by atomic mass is 10.2. The predicted molar refractivity (Wildman–Crippen MR) is 47.6 cm³/mol. The summed E-state index contributed by atoms with van der Waals surface area (Å²) in [6.45, 7) is 6.38. The number of likely N-dealkylation sites (tertiary alicyclic amines) is 1. The maximum absolute atomic E-state index is 2.64. The Hall–Kier alpha value is -0.0400. The van der Waals surface area contributed by atoms with Gasteiger partial charge in [-0.1, -0.05) is 6.92 Å². The molecule has 64 valence electrons. The van der Waals surface area contributed by atoms with Gasteiger partial charge in [0.15, 0.2) is 0 Å². The van der Waals surface area contributed by atoms with Gasteiger partial charge >= 0.3 is 0 Å². The van der Waals surface area contributed by atoms with Crippen LogP contribution in [0.5, 0.6) is 0 Å². The molecule has 1 aliphatic carbocycles. The van der Waals surface area contributed by atoms with Crippen LogP contribution in [0, 0.1) is 11.8 Å². The van der Waals surface area contributed by atoms with Gasteiger partial charge in [0.2, 0.25) is 0 Å². The number of fused-ring (bicyclic) bond motifs is 1. The SMILES string of the molecule is CCCN1CCC2CC2CC1. The Balaban J connectivity index is 1.77. The van der Waals surface area contributed by atoms with Crippen molar-refractivity contribution < 1.29 is 0 Å². The van der Waals surface area contributed by atoms with Gasteiger partial charge in [-0.3, -0.25) is 0 Å². The van der Waals surface area contributed by atoms with Crippen molar-refractivity contribution in [2.45, 2.75) is 32.6 Å². The topological polar surface area (TPSA) is 3.24 Å². The summed E-state index contributed by atoms with van der Waals surface area (Å²) in [5.41, 5.74) is 0. The summed E-state index contributed by atoms with van der Waals surface area (Å²) < 4.78 is 0. The Kier molecular flexibility index (Phi) is 2.17. The molecule has 0 aromatic rings. The van der Waals surface area contributed by atoms with Gasteiger partial charge in [0.25, 0.3) is 0 Å². The monoisotopic (exact) mass is 153 g/mol. The van der Waals surface area contributed by atoms with Crippen LogP contribution in [0.25, 0.3) is 0 Å². The average Bonchev–Trinajstić information content (AvgIpc) is 2.71. The minimum absolute atomic E-state index is 1.14. The molecular weight excluding hydrogens is 134 g/mol. The molecule has 2 rings (SSSR count). The van der Waals surface area contributed by atoms with E-state index in [0.717, 1.165) is 11.8 Å². The fraction of sp³-hybridized carbons (Fsp3) is 1.00. The minimum Gasteiger partial charge on any atom is -0.303 e. The molecule has 1 aliphatic heterocycles. The van der Waals surface area contributed by atoms with E-state index in [2.05, 4.69) is 11.8 Å². The quantitative estimate of drug-likeness (QED) is 0.587. The van der Waals surface area contributed by atoms with Gasteiger partial charge in [-0.2, -0.15) is 0 Å². The van der Waals surface area contributed by atoms with Crippen LogP contribution in [0.15, 0.2) is 0 Å². The molecule has 1 saturated carbocycles. The molecule has 0 aromatic carbocycles. The highest BCUT2D eigenvalue weighted by Crippen LogP contribution is 2.45. The summed E-state index contributed by atoms with van der Waals surface area (Å²) in [5.74, 6) is 2.27. The van der Waals surface area contributed by atoms with Crippen molar-refractivity contribution >= 4 is 0 Å². The molecule has 2 fully saturated rings. The summed E-state index contributed by atoms with van der Waals surface area (Å²) in [5, 5.41) is 0.